The van der Waals surface area contributed by atoms with Crippen LogP contribution in [0.1, 0.15) is 20.8 Å². The first-order chi connectivity index (χ1) is 10.5. The van der Waals surface area contributed by atoms with E-state index < -0.39 is 16.0 Å². The van der Waals surface area contributed by atoms with Crippen LogP contribution in [-0.2, 0) is 27.8 Å². The summed E-state index contributed by atoms with van der Waals surface area (Å²) in [5.41, 5.74) is 0.550. The maximum Gasteiger partial charge on any atom is 0.339 e. The van der Waals surface area contributed by atoms with Crippen LogP contribution in [0, 0.1) is 0 Å². The molecule has 0 bridgehead atoms. The van der Waals surface area contributed by atoms with Gasteiger partial charge in [-0.3, -0.25) is 4.72 Å². The van der Waals surface area contributed by atoms with E-state index in [4.69, 9.17) is 4.74 Å². The number of benzene rings is 1. The molecule has 0 unspecified atom stereocenters. The molecule has 6 nitrogen and oxygen atoms in total. The number of anilines is 1. The second kappa shape index (κ2) is 5.71. The molecule has 0 radical (unpaired) electrons. The number of thiophene rings is 1. The van der Waals surface area contributed by atoms with Crippen LogP contribution in [0.2, 0.25) is 0 Å². The van der Waals surface area contributed by atoms with Gasteiger partial charge >= 0.3 is 5.97 Å². The van der Waals surface area contributed by atoms with Gasteiger partial charge in [0.05, 0.1) is 18.1 Å². The summed E-state index contributed by atoms with van der Waals surface area (Å²) < 4.78 is 32.4. The number of ether oxygens (including phenoxy) is 1. The maximum absolute atomic E-state index is 12.4. The summed E-state index contributed by atoms with van der Waals surface area (Å²) >= 11 is 1.16. The summed E-state index contributed by atoms with van der Waals surface area (Å²) in [4.78, 5) is 12.4. The van der Waals surface area contributed by atoms with Gasteiger partial charge in [0.25, 0.3) is 10.0 Å². The average molecular weight is 339 g/mol. The van der Waals surface area contributed by atoms with Crippen molar-refractivity contribution in [2.24, 2.45) is 0 Å². The topological polar surface area (TPSA) is 92.7 Å². The van der Waals surface area contributed by atoms with E-state index in [0.717, 1.165) is 16.2 Å². The summed E-state index contributed by atoms with van der Waals surface area (Å²) in [7, 11) is -3.81. The Hall–Kier alpha value is -1.90. The van der Waals surface area contributed by atoms with Crippen LogP contribution < -0.4 is 4.72 Å². The van der Waals surface area contributed by atoms with Crippen molar-refractivity contribution in [1.29, 1.82) is 0 Å². The van der Waals surface area contributed by atoms with E-state index in [1.165, 1.54) is 12.1 Å². The van der Waals surface area contributed by atoms with Crippen molar-refractivity contribution in [1.82, 2.24) is 0 Å². The zero-order valence-corrected chi connectivity index (χ0v) is 13.0. The molecule has 0 saturated heterocycles. The SMILES string of the molecule is O=C(O)c1c(NS(=O)(=O)c2ccccc2)sc2c1COCC2. The molecule has 1 aliphatic rings. The largest absolute Gasteiger partial charge is 0.478 e. The minimum atomic E-state index is -3.81. The van der Waals surface area contributed by atoms with Gasteiger partial charge in [0, 0.05) is 16.9 Å². The molecule has 116 valence electrons. The van der Waals surface area contributed by atoms with Crippen LogP contribution in [0.5, 0.6) is 0 Å². The third kappa shape index (κ3) is 2.72. The van der Waals surface area contributed by atoms with Gasteiger partial charge in [-0.05, 0) is 12.1 Å². The van der Waals surface area contributed by atoms with Gasteiger partial charge in [-0.2, -0.15) is 0 Å². The van der Waals surface area contributed by atoms with Gasteiger partial charge in [-0.1, -0.05) is 18.2 Å². The molecular weight excluding hydrogens is 326 g/mol. The maximum atomic E-state index is 12.4. The summed E-state index contributed by atoms with van der Waals surface area (Å²) in [5, 5.41) is 9.53. The highest BCUT2D eigenvalue weighted by atomic mass is 32.2. The van der Waals surface area contributed by atoms with Crippen molar-refractivity contribution in [2.45, 2.75) is 17.9 Å². The highest BCUT2D eigenvalue weighted by Gasteiger charge is 2.28. The lowest BCUT2D eigenvalue weighted by Crippen LogP contribution is -2.15. The third-order valence-corrected chi connectivity index (χ3v) is 6.01. The molecule has 0 saturated carbocycles. The van der Waals surface area contributed by atoms with Crippen LogP contribution in [0.25, 0.3) is 0 Å². The molecule has 2 aromatic rings. The molecule has 0 fully saturated rings. The fourth-order valence-corrected chi connectivity index (χ4v) is 4.79. The number of nitrogens with one attached hydrogen (secondary N) is 1. The summed E-state index contributed by atoms with van der Waals surface area (Å²) in [6.07, 6.45) is 0.591. The summed E-state index contributed by atoms with van der Waals surface area (Å²) in [6, 6.07) is 7.85. The van der Waals surface area contributed by atoms with Gasteiger partial charge in [-0.15, -0.1) is 11.3 Å². The fraction of sp³-hybridized carbons (Fsp3) is 0.214. The van der Waals surface area contributed by atoms with Gasteiger partial charge in [0.2, 0.25) is 0 Å². The lowest BCUT2D eigenvalue weighted by molar-refractivity contribution is 0.0685. The Bertz CT molecular complexity index is 811. The van der Waals surface area contributed by atoms with Crippen molar-refractivity contribution in [2.75, 3.05) is 11.3 Å². The molecule has 0 spiro atoms. The number of sulfonamides is 1. The Morgan fingerprint density at radius 2 is 2.00 bits per heavy atom. The molecule has 22 heavy (non-hydrogen) atoms. The number of carbonyl (C=O) groups is 1. The van der Waals surface area contributed by atoms with E-state index in [1.807, 2.05) is 0 Å². The number of carboxylic acids is 1. The molecule has 0 amide bonds. The van der Waals surface area contributed by atoms with Crippen LogP contribution in [-0.4, -0.2) is 26.1 Å². The van der Waals surface area contributed by atoms with Gasteiger partial charge in [0.15, 0.2) is 0 Å². The molecule has 1 aliphatic heterocycles. The van der Waals surface area contributed by atoms with Crippen LogP contribution in [0.3, 0.4) is 0 Å². The zero-order valence-electron chi connectivity index (χ0n) is 11.4. The van der Waals surface area contributed by atoms with E-state index >= 15 is 0 Å². The molecule has 3 rings (SSSR count). The van der Waals surface area contributed by atoms with Crippen molar-refractivity contribution >= 4 is 32.3 Å². The Balaban J connectivity index is 2.02. The normalized spacial score (nSPS) is 14.4. The minimum Gasteiger partial charge on any atom is -0.478 e. The highest BCUT2D eigenvalue weighted by molar-refractivity contribution is 7.93. The Morgan fingerprint density at radius 1 is 1.27 bits per heavy atom. The van der Waals surface area contributed by atoms with Crippen molar-refractivity contribution in [3.05, 3.63) is 46.3 Å². The van der Waals surface area contributed by atoms with E-state index in [2.05, 4.69) is 4.72 Å². The van der Waals surface area contributed by atoms with Crippen molar-refractivity contribution in [3.63, 3.8) is 0 Å². The van der Waals surface area contributed by atoms with Crippen LogP contribution >= 0.6 is 11.3 Å². The number of rotatable bonds is 4. The molecule has 8 heteroatoms. The predicted octanol–water partition coefficient (Wildman–Crippen LogP) is 2.32. The first-order valence-corrected chi connectivity index (χ1v) is 8.82. The van der Waals surface area contributed by atoms with Gasteiger partial charge in [0.1, 0.15) is 10.6 Å². The van der Waals surface area contributed by atoms with Crippen LogP contribution in [0.4, 0.5) is 5.00 Å². The first kappa shape index (κ1) is 15.0. The number of aromatic carboxylic acids is 1. The standard InChI is InChI=1S/C14H13NO5S2/c16-14(17)12-10-8-20-7-6-11(10)21-13(12)15-22(18,19)9-4-2-1-3-5-9/h1-5,15H,6-8H2,(H,16,17). The molecule has 2 heterocycles. The molecule has 1 aromatic heterocycles. The monoisotopic (exact) mass is 339 g/mol. The van der Waals surface area contributed by atoms with E-state index in [0.29, 0.717) is 18.6 Å². The second-order valence-corrected chi connectivity index (χ2v) is 7.52. The number of hydrogen-bond acceptors (Lipinski definition) is 5. The summed E-state index contributed by atoms with van der Waals surface area (Å²) in [6.45, 7) is 0.706. The average Bonchev–Trinajstić information content (AvgIpc) is 2.85. The smallest absolute Gasteiger partial charge is 0.339 e. The Kier molecular flexibility index (Phi) is 3.90. The van der Waals surface area contributed by atoms with Crippen LogP contribution in [0.15, 0.2) is 35.2 Å². The van der Waals surface area contributed by atoms with E-state index in [9.17, 15) is 18.3 Å². The number of fused-ring (bicyclic) bond motifs is 1. The van der Waals surface area contributed by atoms with Gasteiger partial charge < -0.3 is 9.84 Å². The second-order valence-electron chi connectivity index (χ2n) is 4.73. The molecule has 2 N–H and O–H groups in total. The predicted molar refractivity (Wildman–Crippen MR) is 81.9 cm³/mol. The quantitative estimate of drug-likeness (QED) is 0.892. The summed E-state index contributed by atoms with van der Waals surface area (Å²) in [5.74, 6) is -1.16. The third-order valence-electron chi connectivity index (χ3n) is 3.30. The van der Waals surface area contributed by atoms with E-state index in [1.54, 1.807) is 18.2 Å². The van der Waals surface area contributed by atoms with Gasteiger partial charge in [-0.25, -0.2) is 13.2 Å². The molecule has 0 aliphatic carbocycles. The number of carboxylic acid groups (broad SMARTS) is 1. The van der Waals surface area contributed by atoms with E-state index in [-0.39, 0.29) is 22.1 Å². The molecular formula is C14H13NO5S2. The Labute approximate surface area is 131 Å². The lowest BCUT2D eigenvalue weighted by atomic mass is 10.1. The number of hydrogen-bond donors (Lipinski definition) is 2. The highest BCUT2D eigenvalue weighted by Crippen LogP contribution is 2.37. The first-order valence-electron chi connectivity index (χ1n) is 6.52. The van der Waals surface area contributed by atoms with Crippen molar-refractivity contribution in [3.8, 4) is 0 Å². The Morgan fingerprint density at radius 3 is 2.68 bits per heavy atom. The molecule has 1 aromatic carbocycles. The zero-order chi connectivity index (χ0) is 15.7. The van der Waals surface area contributed by atoms with Crippen molar-refractivity contribution < 1.29 is 23.1 Å². The molecule has 0 atom stereocenters. The fourth-order valence-electron chi connectivity index (χ4n) is 2.28. The lowest BCUT2D eigenvalue weighted by Gasteiger charge is -2.12. The minimum absolute atomic E-state index is 0.0146.